The average Bonchev–Trinajstić information content (AvgIpc) is 2.29. The van der Waals surface area contributed by atoms with Crippen LogP contribution in [0.25, 0.3) is 0 Å². The summed E-state index contributed by atoms with van der Waals surface area (Å²) in [5.41, 5.74) is 2.48. The van der Waals surface area contributed by atoms with E-state index < -0.39 is 0 Å². The zero-order chi connectivity index (χ0) is 12.7. The van der Waals surface area contributed by atoms with Crippen LogP contribution in [0.5, 0.6) is 0 Å². The highest BCUT2D eigenvalue weighted by Crippen LogP contribution is 2.13. The summed E-state index contributed by atoms with van der Waals surface area (Å²) in [6, 6.07) is 7.20. The number of nitrogens with zero attached hydrogens (tertiary/aromatic N) is 1. The number of methoxy groups -OCH3 is 1. The predicted octanol–water partition coefficient (Wildman–Crippen LogP) is 2.18. The number of benzene rings is 1. The van der Waals surface area contributed by atoms with Gasteiger partial charge in [0.05, 0.1) is 12.3 Å². The number of carbonyl (C=O) groups excluding carboxylic acids is 1. The number of rotatable bonds is 5. The summed E-state index contributed by atoms with van der Waals surface area (Å²) in [6.07, 6.45) is 0. The summed E-state index contributed by atoms with van der Waals surface area (Å²) >= 11 is 0. The molecule has 0 spiro atoms. The maximum absolute atomic E-state index is 11.7. The van der Waals surface area contributed by atoms with Gasteiger partial charge in [-0.1, -0.05) is 0 Å². The summed E-state index contributed by atoms with van der Waals surface area (Å²) in [5.74, 6) is -0.0919. The van der Waals surface area contributed by atoms with Crippen LogP contribution >= 0.6 is 0 Å². The Bertz CT molecular complexity index is 392. The van der Waals surface area contributed by atoms with Gasteiger partial charge in [-0.05, 0) is 38.1 Å². The van der Waals surface area contributed by atoms with Gasteiger partial charge in [-0.3, -0.25) is 9.79 Å². The van der Waals surface area contributed by atoms with Crippen molar-refractivity contribution in [2.75, 3.05) is 20.3 Å². The second-order valence-corrected chi connectivity index (χ2v) is 3.85. The molecule has 0 aromatic heterocycles. The lowest BCUT2D eigenvalue weighted by Crippen LogP contribution is -2.26. The minimum absolute atomic E-state index is 0.0919. The lowest BCUT2D eigenvalue weighted by atomic mass is 10.2. The predicted molar refractivity (Wildman–Crippen MR) is 69.1 cm³/mol. The van der Waals surface area contributed by atoms with Gasteiger partial charge in [-0.15, -0.1) is 0 Å². The molecule has 0 aliphatic heterocycles. The number of hydrogen-bond donors (Lipinski definition) is 1. The van der Waals surface area contributed by atoms with Crippen LogP contribution in [-0.4, -0.2) is 31.9 Å². The number of ether oxygens (including phenoxy) is 1. The van der Waals surface area contributed by atoms with Gasteiger partial charge in [0.25, 0.3) is 5.91 Å². The molecule has 1 amide bonds. The van der Waals surface area contributed by atoms with Crippen molar-refractivity contribution < 1.29 is 9.53 Å². The normalized spacial score (nSPS) is 9.82. The summed E-state index contributed by atoms with van der Waals surface area (Å²) in [4.78, 5) is 16.0. The monoisotopic (exact) mass is 234 g/mol. The highest BCUT2D eigenvalue weighted by Gasteiger charge is 2.03. The van der Waals surface area contributed by atoms with Crippen molar-refractivity contribution in [1.82, 2.24) is 5.32 Å². The van der Waals surface area contributed by atoms with Crippen LogP contribution in [0.2, 0.25) is 0 Å². The quantitative estimate of drug-likeness (QED) is 0.627. The second-order valence-electron chi connectivity index (χ2n) is 3.85. The molecule has 0 aliphatic rings. The van der Waals surface area contributed by atoms with E-state index >= 15 is 0 Å². The first kappa shape index (κ1) is 13.4. The molecule has 17 heavy (non-hydrogen) atoms. The van der Waals surface area contributed by atoms with E-state index in [1.807, 2.05) is 26.0 Å². The molecule has 4 heteroatoms. The van der Waals surface area contributed by atoms with Gasteiger partial charge in [0.2, 0.25) is 0 Å². The molecule has 0 heterocycles. The number of amides is 1. The second kappa shape index (κ2) is 6.81. The lowest BCUT2D eigenvalue weighted by molar-refractivity contribution is 0.0937. The van der Waals surface area contributed by atoms with Crippen LogP contribution in [0.3, 0.4) is 0 Å². The first-order chi connectivity index (χ1) is 8.13. The minimum Gasteiger partial charge on any atom is -0.383 e. The average molecular weight is 234 g/mol. The van der Waals surface area contributed by atoms with Crippen LogP contribution in [0.1, 0.15) is 24.2 Å². The van der Waals surface area contributed by atoms with Gasteiger partial charge in [0, 0.05) is 24.9 Å². The molecule has 1 aromatic rings. The summed E-state index contributed by atoms with van der Waals surface area (Å²) in [5, 5.41) is 2.76. The molecule has 92 valence electrons. The lowest BCUT2D eigenvalue weighted by Gasteiger charge is -2.04. The Kier molecular flexibility index (Phi) is 5.36. The van der Waals surface area contributed by atoms with E-state index in [0.29, 0.717) is 18.7 Å². The molecule has 1 N–H and O–H groups in total. The van der Waals surface area contributed by atoms with E-state index in [0.717, 1.165) is 11.4 Å². The smallest absolute Gasteiger partial charge is 0.251 e. The van der Waals surface area contributed by atoms with Gasteiger partial charge in [-0.2, -0.15) is 0 Å². The topological polar surface area (TPSA) is 50.7 Å². The van der Waals surface area contributed by atoms with Crippen molar-refractivity contribution in [3.63, 3.8) is 0 Å². The molecular weight excluding hydrogens is 216 g/mol. The number of nitrogens with one attached hydrogen (secondary N) is 1. The molecule has 0 aliphatic carbocycles. The Morgan fingerprint density at radius 3 is 2.47 bits per heavy atom. The maximum Gasteiger partial charge on any atom is 0.251 e. The molecule has 0 unspecified atom stereocenters. The summed E-state index contributed by atoms with van der Waals surface area (Å²) in [6.45, 7) is 4.91. The summed E-state index contributed by atoms with van der Waals surface area (Å²) < 4.78 is 4.86. The van der Waals surface area contributed by atoms with E-state index in [4.69, 9.17) is 4.74 Å². The third kappa shape index (κ3) is 4.78. The standard InChI is InChI=1S/C13H18N2O2/c1-10(2)15-12-6-4-11(5-7-12)13(16)14-8-9-17-3/h4-7H,8-9H2,1-3H3,(H,14,16). The Hall–Kier alpha value is -1.68. The fourth-order valence-corrected chi connectivity index (χ4v) is 1.31. The highest BCUT2D eigenvalue weighted by atomic mass is 16.5. The van der Waals surface area contributed by atoms with Crippen LogP contribution in [0, 0.1) is 0 Å². The van der Waals surface area contributed by atoms with Crippen LogP contribution in [0.4, 0.5) is 5.69 Å². The molecule has 0 saturated heterocycles. The third-order valence-corrected chi connectivity index (χ3v) is 2.07. The Morgan fingerprint density at radius 1 is 1.29 bits per heavy atom. The molecule has 0 saturated carbocycles. The van der Waals surface area contributed by atoms with Gasteiger partial charge in [0.1, 0.15) is 0 Å². The zero-order valence-electron chi connectivity index (χ0n) is 10.5. The van der Waals surface area contributed by atoms with Crippen molar-refractivity contribution in [3.8, 4) is 0 Å². The molecule has 0 bridgehead atoms. The number of hydrogen-bond acceptors (Lipinski definition) is 3. The van der Waals surface area contributed by atoms with E-state index in [1.165, 1.54) is 0 Å². The number of carbonyl (C=O) groups is 1. The molecule has 0 atom stereocenters. The third-order valence-electron chi connectivity index (χ3n) is 2.07. The fraction of sp³-hybridized carbons (Fsp3) is 0.385. The molecule has 0 radical (unpaired) electrons. The Balaban J connectivity index is 2.61. The Labute approximate surface area is 102 Å². The van der Waals surface area contributed by atoms with Crippen molar-refractivity contribution in [3.05, 3.63) is 29.8 Å². The molecule has 1 rings (SSSR count). The first-order valence-electron chi connectivity index (χ1n) is 5.52. The van der Waals surface area contributed by atoms with Crippen LogP contribution in [0.15, 0.2) is 29.3 Å². The van der Waals surface area contributed by atoms with Gasteiger partial charge >= 0.3 is 0 Å². The van der Waals surface area contributed by atoms with Crippen molar-refractivity contribution in [2.45, 2.75) is 13.8 Å². The van der Waals surface area contributed by atoms with Crippen LogP contribution in [-0.2, 0) is 4.74 Å². The summed E-state index contributed by atoms with van der Waals surface area (Å²) in [7, 11) is 1.60. The largest absolute Gasteiger partial charge is 0.383 e. The first-order valence-corrected chi connectivity index (χ1v) is 5.52. The van der Waals surface area contributed by atoms with Crippen molar-refractivity contribution in [2.24, 2.45) is 4.99 Å². The minimum atomic E-state index is -0.0919. The van der Waals surface area contributed by atoms with Gasteiger partial charge in [0.15, 0.2) is 0 Å². The van der Waals surface area contributed by atoms with Gasteiger partial charge < -0.3 is 10.1 Å². The molecule has 0 fully saturated rings. The van der Waals surface area contributed by atoms with E-state index in [1.54, 1.807) is 19.2 Å². The SMILES string of the molecule is COCCNC(=O)c1ccc(N=C(C)C)cc1. The molecule has 4 nitrogen and oxygen atoms in total. The Morgan fingerprint density at radius 2 is 1.94 bits per heavy atom. The zero-order valence-corrected chi connectivity index (χ0v) is 10.5. The van der Waals surface area contributed by atoms with Crippen molar-refractivity contribution in [1.29, 1.82) is 0 Å². The van der Waals surface area contributed by atoms with E-state index in [2.05, 4.69) is 10.3 Å². The maximum atomic E-state index is 11.7. The van der Waals surface area contributed by atoms with E-state index in [-0.39, 0.29) is 5.91 Å². The van der Waals surface area contributed by atoms with Crippen molar-refractivity contribution >= 4 is 17.3 Å². The highest BCUT2D eigenvalue weighted by molar-refractivity contribution is 5.94. The number of aliphatic imine (C=N–C) groups is 1. The molecule has 1 aromatic carbocycles. The van der Waals surface area contributed by atoms with E-state index in [9.17, 15) is 4.79 Å². The van der Waals surface area contributed by atoms with Crippen LogP contribution < -0.4 is 5.32 Å². The van der Waals surface area contributed by atoms with Gasteiger partial charge in [-0.25, -0.2) is 0 Å². The molecular formula is C13H18N2O2. The fourth-order valence-electron chi connectivity index (χ4n) is 1.31.